The Morgan fingerprint density at radius 1 is 1.04 bits per heavy atom. The van der Waals surface area contributed by atoms with Crippen LogP contribution < -0.4 is 5.32 Å². The molecule has 0 atom stereocenters. The van der Waals surface area contributed by atoms with E-state index in [1.165, 1.54) is 4.90 Å². The second-order valence-corrected chi connectivity index (χ2v) is 6.77. The first-order chi connectivity index (χ1) is 11.1. The van der Waals surface area contributed by atoms with Gasteiger partial charge < -0.3 is 5.32 Å². The fourth-order valence-electron chi connectivity index (χ4n) is 2.08. The second kappa shape index (κ2) is 7.02. The average Bonchev–Trinajstić information content (AvgIpc) is 2.82. The monoisotopic (exact) mass is 388 g/mol. The van der Waals surface area contributed by atoms with Gasteiger partial charge >= 0.3 is 0 Å². The number of carbonyl (C=O) groups excluding carboxylic acids is 2. The number of halogens is 1. The Bertz CT molecular complexity index is 760. The molecule has 2 aromatic rings. The van der Waals surface area contributed by atoms with Crippen LogP contribution in [0.5, 0.6) is 0 Å². The molecule has 116 valence electrons. The predicted octanol–water partition coefficient (Wildman–Crippen LogP) is 4.56. The minimum absolute atomic E-state index is 0.151. The van der Waals surface area contributed by atoms with Crippen molar-refractivity contribution in [2.75, 3.05) is 12.0 Å². The number of anilines is 1. The summed E-state index contributed by atoms with van der Waals surface area (Å²) in [5, 5.41) is 2.82. The van der Waals surface area contributed by atoms with Gasteiger partial charge in [-0.3, -0.25) is 14.5 Å². The van der Waals surface area contributed by atoms with E-state index in [1.54, 1.807) is 6.08 Å². The summed E-state index contributed by atoms with van der Waals surface area (Å²) in [6.45, 7) is 0.151. The molecule has 1 N–H and O–H groups in total. The minimum atomic E-state index is -0.270. The summed E-state index contributed by atoms with van der Waals surface area (Å²) >= 11 is 4.33. The van der Waals surface area contributed by atoms with Crippen LogP contribution in [0.4, 0.5) is 10.5 Å². The summed E-state index contributed by atoms with van der Waals surface area (Å²) < 4.78 is 0.972. The van der Waals surface area contributed by atoms with Crippen LogP contribution in [0.15, 0.2) is 64.0 Å². The Morgan fingerprint density at radius 2 is 1.74 bits per heavy atom. The van der Waals surface area contributed by atoms with Crippen LogP contribution in [-0.4, -0.2) is 22.7 Å². The van der Waals surface area contributed by atoms with Gasteiger partial charge in [0.1, 0.15) is 0 Å². The third-order valence-corrected chi connectivity index (χ3v) is 4.69. The molecular weight excluding hydrogens is 376 g/mol. The molecule has 0 radical (unpaired) electrons. The van der Waals surface area contributed by atoms with Crippen molar-refractivity contribution < 1.29 is 9.59 Å². The highest BCUT2D eigenvalue weighted by Crippen LogP contribution is 2.32. The minimum Gasteiger partial charge on any atom is -0.367 e. The molecule has 0 saturated carbocycles. The lowest BCUT2D eigenvalue weighted by Gasteiger charge is -2.14. The first kappa shape index (κ1) is 15.8. The Kier molecular flexibility index (Phi) is 4.83. The zero-order valence-electron chi connectivity index (χ0n) is 12.0. The summed E-state index contributed by atoms with van der Waals surface area (Å²) in [6.07, 6.45) is 1.74. The van der Waals surface area contributed by atoms with E-state index in [2.05, 4.69) is 21.2 Å². The smallest absolute Gasteiger partial charge is 0.295 e. The lowest BCUT2D eigenvalue weighted by atomic mass is 10.2. The number of amides is 2. The molecule has 0 bridgehead atoms. The van der Waals surface area contributed by atoms with Crippen LogP contribution >= 0.6 is 27.7 Å². The molecule has 6 heteroatoms. The number of nitrogens with one attached hydrogen (secondary N) is 1. The third-order valence-electron chi connectivity index (χ3n) is 3.26. The van der Waals surface area contributed by atoms with Gasteiger partial charge in [0.05, 0.1) is 11.6 Å². The van der Waals surface area contributed by atoms with E-state index in [1.807, 2.05) is 54.6 Å². The number of hydrogen-bond acceptors (Lipinski definition) is 4. The molecule has 1 aliphatic heterocycles. The van der Waals surface area contributed by atoms with Crippen molar-refractivity contribution in [3.05, 3.63) is 69.5 Å². The average molecular weight is 389 g/mol. The maximum absolute atomic E-state index is 12.4. The highest BCUT2D eigenvalue weighted by molar-refractivity contribution is 9.10. The molecule has 0 aromatic heterocycles. The van der Waals surface area contributed by atoms with E-state index < -0.39 is 0 Å². The van der Waals surface area contributed by atoms with Gasteiger partial charge in [0.15, 0.2) is 0 Å². The molecule has 0 spiro atoms. The van der Waals surface area contributed by atoms with Crippen LogP contribution in [0.1, 0.15) is 5.56 Å². The van der Waals surface area contributed by atoms with Crippen molar-refractivity contribution in [1.82, 2.24) is 4.90 Å². The topological polar surface area (TPSA) is 49.4 Å². The molecule has 1 saturated heterocycles. The van der Waals surface area contributed by atoms with E-state index in [0.29, 0.717) is 4.91 Å². The Labute approximate surface area is 146 Å². The Morgan fingerprint density at radius 3 is 2.43 bits per heavy atom. The van der Waals surface area contributed by atoms with Crippen LogP contribution in [-0.2, 0) is 4.79 Å². The Balaban J connectivity index is 1.69. The van der Waals surface area contributed by atoms with Crippen molar-refractivity contribution >= 4 is 50.6 Å². The first-order valence-corrected chi connectivity index (χ1v) is 8.54. The lowest BCUT2D eigenvalue weighted by Crippen LogP contribution is -2.33. The summed E-state index contributed by atoms with van der Waals surface area (Å²) in [5.41, 5.74) is 1.75. The fourth-order valence-corrected chi connectivity index (χ4v) is 3.18. The van der Waals surface area contributed by atoms with Gasteiger partial charge in [-0.25, -0.2) is 0 Å². The third kappa shape index (κ3) is 3.83. The molecule has 1 heterocycles. The van der Waals surface area contributed by atoms with Gasteiger partial charge in [-0.2, -0.15) is 0 Å². The summed E-state index contributed by atoms with van der Waals surface area (Å²) in [5.74, 6) is -0.270. The van der Waals surface area contributed by atoms with E-state index in [0.717, 1.165) is 27.5 Å². The molecular formula is C17H13BrN2O2S. The predicted molar refractivity (Wildman–Crippen MR) is 96.9 cm³/mol. The molecule has 1 aliphatic rings. The summed E-state index contributed by atoms with van der Waals surface area (Å²) in [4.78, 5) is 26.1. The van der Waals surface area contributed by atoms with Crippen molar-refractivity contribution in [1.29, 1.82) is 0 Å². The number of carbonyl (C=O) groups is 2. The molecule has 0 aliphatic carbocycles. The quantitative estimate of drug-likeness (QED) is 0.780. The van der Waals surface area contributed by atoms with Crippen molar-refractivity contribution in [2.45, 2.75) is 0 Å². The van der Waals surface area contributed by atoms with E-state index in [9.17, 15) is 9.59 Å². The van der Waals surface area contributed by atoms with Crippen LogP contribution in [0.25, 0.3) is 6.08 Å². The van der Waals surface area contributed by atoms with E-state index >= 15 is 0 Å². The molecule has 2 aromatic carbocycles. The normalized spacial score (nSPS) is 16.2. The maximum atomic E-state index is 12.4. The number of nitrogens with zero attached hydrogens (tertiary/aromatic N) is 1. The first-order valence-electron chi connectivity index (χ1n) is 6.93. The number of hydrogen-bond donors (Lipinski definition) is 1. The second-order valence-electron chi connectivity index (χ2n) is 4.86. The number of benzene rings is 2. The van der Waals surface area contributed by atoms with Gasteiger partial charge in [-0.15, -0.1) is 0 Å². The molecule has 4 nitrogen and oxygen atoms in total. The number of rotatable bonds is 4. The molecule has 0 unspecified atom stereocenters. The van der Waals surface area contributed by atoms with Crippen LogP contribution in [0, 0.1) is 0 Å². The summed E-state index contributed by atoms with van der Waals surface area (Å²) in [7, 11) is 0. The number of imide groups is 1. The lowest BCUT2D eigenvalue weighted by molar-refractivity contribution is -0.122. The van der Waals surface area contributed by atoms with Gasteiger partial charge in [-0.1, -0.05) is 46.3 Å². The highest BCUT2D eigenvalue weighted by Gasteiger charge is 2.34. The largest absolute Gasteiger partial charge is 0.367 e. The molecule has 23 heavy (non-hydrogen) atoms. The van der Waals surface area contributed by atoms with Crippen molar-refractivity contribution in [3.63, 3.8) is 0 Å². The molecule has 2 amide bonds. The fraction of sp³-hybridized carbons (Fsp3) is 0.0588. The SMILES string of the molecule is O=C1S/C(=C\c2ccccc2)C(=O)N1CNc1ccc(Br)cc1. The Hall–Kier alpha value is -2.05. The van der Waals surface area contributed by atoms with E-state index in [-0.39, 0.29) is 17.8 Å². The molecule has 1 fully saturated rings. The highest BCUT2D eigenvalue weighted by atomic mass is 79.9. The van der Waals surface area contributed by atoms with Crippen molar-refractivity contribution in [3.8, 4) is 0 Å². The van der Waals surface area contributed by atoms with Gasteiger partial charge in [-0.05, 0) is 47.7 Å². The van der Waals surface area contributed by atoms with Crippen LogP contribution in [0.3, 0.4) is 0 Å². The van der Waals surface area contributed by atoms with E-state index in [4.69, 9.17) is 0 Å². The zero-order chi connectivity index (χ0) is 16.2. The zero-order valence-corrected chi connectivity index (χ0v) is 14.4. The van der Waals surface area contributed by atoms with Crippen LogP contribution in [0.2, 0.25) is 0 Å². The van der Waals surface area contributed by atoms with Crippen molar-refractivity contribution in [2.24, 2.45) is 0 Å². The molecule has 3 rings (SSSR count). The summed E-state index contributed by atoms with van der Waals surface area (Å²) in [6, 6.07) is 17.0. The van der Waals surface area contributed by atoms with Gasteiger partial charge in [0.25, 0.3) is 11.1 Å². The standard InChI is InChI=1S/C17H13BrN2O2S/c18-13-6-8-14(9-7-13)19-11-20-16(21)15(23-17(20)22)10-12-4-2-1-3-5-12/h1-10,19H,11H2/b15-10-. The number of thioether (sulfide) groups is 1. The van der Waals surface area contributed by atoms with Gasteiger partial charge in [0, 0.05) is 10.2 Å². The van der Waals surface area contributed by atoms with Gasteiger partial charge in [0.2, 0.25) is 0 Å². The maximum Gasteiger partial charge on any atom is 0.295 e.